The van der Waals surface area contributed by atoms with E-state index in [1.807, 2.05) is 18.2 Å². The number of carbonyl (C=O) groups is 2. The van der Waals surface area contributed by atoms with E-state index in [1.165, 1.54) is 0 Å². The third-order valence-electron chi connectivity index (χ3n) is 6.63. The van der Waals surface area contributed by atoms with Crippen LogP contribution in [0.3, 0.4) is 0 Å². The summed E-state index contributed by atoms with van der Waals surface area (Å²) >= 11 is 0. The Labute approximate surface area is 247 Å². The third kappa shape index (κ3) is 8.40. The highest BCUT2D eigenvalue weighted by Crippen LogP contribution is 2.27. The monoisotopic (exact) mass is 569 g/mol. The van der Waals surface area contributed by atoms with E-state index >= 15 is 0 Å². The van der Waals surface area contributed by atoms with E-state index in [0.29, 0.717) is 35.1 Å². The summed E-state index contributed by atoms with van der Waals surface area (Å²) in [4.78, 5) is 31.8. The Morgan fingerprint density at radius 2 is 1.60 bits per heavy atom. The fraction of sp³-hybridized carbons (Fsp3) is 0.312. The standard InChI is InChI=1S/C32H39N7O3/c1-6-38(5)21-7-18-34-30(40)23-8-12-25(13-9-23)39-29(22-28(37-39)32(2,3)4)36-31(41)35-24-10-14-26(15-11-24)42-27-16-19-33-20-17-27/h8-17,19-20,22H,6-7,18,21H2,1-5H3,(H,34,40)(H2,35,36,41). The Morgan fingerprint density at radius 1 is 0.929 bits per heavy atom. The predicted octanol–water partition coefficient (Wildman–Crippen LogP) is 6.07. The lowest BCUT2D eigenvalue weighted by Gasteiger charge is -2.14. The van der Waals surface area contributed by atoms with Crippen LogP contribution in [0.15, 0.2) is 79.1 Å². The van der Waals surface area contributed by atoms with Gasteiger partial charge in [-0.1, -0.05) is 27.7 Å². The van der Waals surface area contributed by atoms with Gasteiger partial charge < -0.3 is 20.3 Å². The summed E-state index contributed by atoms with van der Waals surface area (Å²) < 4.78 is 7.46. The van der Waals surface area contributed by atoms with Crippen LogP contribution in [0.25, 0.3) is 5.69 Å². The molecule has 2 aromatic carbocycles. The molecule has 0 fully saturated rings. The van der Waals surface area contributed by atoms with Crippen LogP contribution in [0.1, 0.15) is 50.2 Å². The van der Waals surface area contributed by atoms with Gasteiger partial charge in [-0.15, -0.1) is 0 Å². The van der Waals surface area contributed by atoms with Gasteiger partial charge in [-0.05, 0) is 87.2 Å². The summed E-state index contributed by atoms with van der Waals surface area (Å²) in [7, 11) is 2.06. The zero-order valence-electron chi connectivity index (χ0n) is 24.8. The first-order valence-electron chi connectivity index (χ1n) is 14.1. The number of hydrogen-bond acceptors (Lipinski definition) is 6. The predicted molar refractivity (Wildman–Crippen MR) is 166 cm³/mol. The molecule has 4 rings (SSSR count). The fourth-order valence-electron chi connectivity index (χ4n) is 4.03. The number of benzene rings is 2. The zero-order chi connectivity index (χ0) is 30.1. The molecule has 0 aliphatic heterocycles. The molecule has 0 unspecified atom stereocenters. The molecule has 220 valence electrons. The van der Waals surface area contributed by atoms with Crippen molar-refractivity contribution < 1.29 is 14.3 Å². The van der Waals surface area contributed by atoms with Crippen molar-refractivity contribution in [3.63, 3.8) is 0 Å². The summed E-state index contributed by atoms with van der Waals surface area (Å²) in [6, 6.07) is 19.2. The van der Waals surface area contributed by atoms with Crippen LogP contribution in [-0.2, 0) is 5.41 Å². The van der Waals surface area contributed by atoms with Crippen molar-refractivity contribution in [3.05, 3.63) is 90.4 Å². The minimum absolute atomic E-state index is 0.119. The van der Waals surface area contributed by atoms with Gasteiger partial charge in [-0.3, -0.25) is 15.1 Å². The summed E-state index contributed by atoms with van der Waals surface area (Å²) in [6.45, 7) is 10.8. The normalized spacial score (nSPS) is 11.3. The number of aromatic nitrogens is 3. The Morgan fingerprint density at radius 3 is 2.24 bits per heavy atom. The van der Waals surface area contributed by atoms with Crippen LogP contribution in [0.4, 0.5) is 16.3 Å². The van der Waals surface area contributed by atoms with Crippen LogP contribution in [-0.4, -0.2) is 58.3 Å². The number of nitrogens with one attached hydrogen (secondary N) is 3. The van der Waals surface area contributed by atoms with Gasteiger partial charge in [0.05, 0.1) is 11.4 Å². The largest absolute Gasteiger partial charge is 0.457 e. The summed E-state index contributed by atoms with van der Waals surface area (Å²) in [5.41, 5.74) is 2.46. The van der Waals surface area contributed by atoms with E-state index in [9.17, 15) is 9.59 Å². The molecule has 10 nitrogen and oxygen atoms in total. The van der Waals surface area contributed by atoms with Crippen LogP contribution in [0.5, 0.6) is 11.5 Å². The molecule has 3 N–H and O–H groups in total. The molecule has 10 heteroatoms. The number of ether oxygens (including phenoxy) is 1. The van der Waals surface area contributed by atoms with E-state index in [0.717, 1.165) is 30.9 Å². The molecule has 0 spiro atoms. The van der Waals surface area contributed by atoms with Gasteiger partial charge in [0.15, 0.2) is 0 Å². The number of hydrogen-bond donors (Lipinski definition) is 3. The Bertz CT molecular complexity index is 1460. The van der Waals surface area contributed by atoms with Gasteiger partial charge in [0.1, 0.15) is 17.3 Å². The van der Waals surface area contributed by atoms with Crippen LogP contribution >= 0.6 is 0 Å². The molecule has 0 saturated heterocycles. The molecule has 0 bridgehead atoms. The van der Waals surface area contributed by atoms with E-state index in [1.54, 1.807) is 65.6 Å². The van der Waals surface area contributed by atoms with Gasteiger partial charge in [0.2, 0.25) is 0 Å². The maximum absolute atomic E-state index is 13.0. The van der Waals surface area contributed by atoms with Crippen molar-refractivity contribution in [1.29, 1.82) is 0 Å². The molecule has 3 amide bonds. The van der Waals surface area contributed by atoms with E-state index in [4.69, 9.17) is 9.84 Å². The summed E-state index contributed by atoms with van der Waals surface area (Å²) in [5.74, 6) is 1.70. The van der Waals surface area contributed by atoms with E-state index in [-0.39, 0.29) is 11.3 Å². The molecule has 0 aliphatic carbocycles. The fourth-order valence-corrected chi connectivity index (χ4v) is 4.03. The third-order valence-corrected chi connectivity index (χ3v) is 6.63. The topological polar surface area (TPSA) is 113 Å². The summed E-state index contributed by atoms with van der Waals surface area (Å²) in [5, 5.41) is 13.5. The quantitative estimate of drug-likeness (QED) is 0.189. The number of urea groups is 1. The Balaban J connectivity index is 1.42. The van der Waals surface area contributed by atoms with Gasteiger partial charge in [0.25, 0.3) is 5.91 Å². The smallest absolute Gasteiger partial charge is 0.324 e. The van der Waals surface area contributed by atoms with Crippen molar-refractivity contribution in [2.75, 3.05) is 37.3 Å². The number of amides is 3. The number of anilines is 2. The van der Waals surface area contributed by atoms with Crippen molar-refractivity contribution >= 4 is 23.4 Å². The average molecular weight is 570 g/mol. The molecular weight excluding hydrogens is 530 g/mol. The van der Waals surface area contributed by atoms with Crippen molar-refractivity contribution in [2.24, 2.45) is 0 Å². The highest BCUT2D eigenvalue weighted by molar-refractivity contribution is 5.99. The minimum atomic E-state index is -0.413. The van der Waals surface area contributed by atoms with Gasteiger partial charge in [-0.2, -0.15) is 5.10 Å². The first-order valence-corrected chi connectivity index (χ1v) is 14.1. The van der Waals surface area contributed by atoms with Crippen molar-refractivity contribution in [3.8, 4) is 17.2 Å². The molecule has 0 aliphatic rings. The minimum Gasteiger partial charge on any atom is -0.457 e. The average Bonchev–Trinajstić information content (AvgIpc) is 3.41. The lowest BCUT2D eigenvalue weighted by molar-refractivity contribution is 0.0952. The molecule has 0 radical (unpaired) electrons. The SMILES string of the molecule is CCN(C)CCCNC(=O)c1ccc(-n2nc(C(C)(C)C)cc2NC(=O)Nc2ccc(Oc3ccncc3)cc2)cc1. The Kier molecular flexibility index (Phi) is 9.93. The van der Waals surface area contributed by atoms with Crippen LogP contribution in [0, 0.1) is 0 Å². The molecule has 2 heterocycles. The van der Waals surface area contributed by atoms with Crippen molar-refractivity contribution in [1.82, 2.24) is 25.0 Å². The highest BCUT2D eigenvalue weighted by Gasteiger charge is 2.22. The van der Waals surface area contributed by atoms with Crippen LogP contribution in [0.2, 0.25) is 0 Å². The van der Waals surface area contributed by atoms with Crippen molar-refractivity contribution in [2.45, 2.75) is 39.5 Å². The molecule has 2 aromatic heterocycles. The van der Waals surface area contributed by atoms with Gasteiger partial charge in [-0.25, -0.2) is 9.48 Å². The second kappa shape index (κ2) is 13.8. The van der Waals surface area contributed by atoms with Gasteiger partial charge >= 0.3 is 6.03 Å². The Hall–Kier alpha value is -4.70. The molecule has 4 aromatic rings. The lowest BCUT2D eigenvalue weighted by atomic mass is 9.92. The number of pyridine rings is 1. The molecule has 42 heavy (non-hydrogen) atoms. The maximum Gasteiger partial charge on any atom is 0.324 e. The highest BCUT2D eigenvalue weighted by atomic mass is 16.5. The maximum atomic E-state index is 13.0. The van der Waals surface area contributed by atoms with Gasteiger partial charge in [0, 0.05) is 41.7 Å². The first-order chi connectivity index (χ1) is 20.1. The molecule has 0 saturated carbocycles. The number of carbonyl (C=O) groups excluding carboxylic acids is 2. The lowest BCUT2D eigenvalue weighted by Crippen LogP contribution is -2.28. The van der Waals surface area contributed by atoms with Crippen LogP contribution < -0.4 is 20.7 Å². The second-order valence-electron chi connectivity index (χ2n) is 11.0. The number of rotatable bonds is 11. The summed E-state index contributed by atoms with van der Waals surface area (Å²) in [6.07, 6.45) is 4.20. The zero-order valence-corrected chi connectivity index (χ0v) is 24.8. The number of nitrogens with zero attached hydrogens (tertiary/aromatic N) is 4. The second-order valence-corrected chi connectivity index (χ2v) is 11.0. The molecular formula is C32H39N7O3. The first kappa shape index (κ1) is 30.3. The van der Waals surface area contributed by atoms with E-state index in [2.05, 4.69) is 60.6 Å². The molecule has 0 atom stereocenters. The van der Waals surface area contributed by atoms with E-state index < -0.39 is 6.03 Å².